The molecule has 1 aromatic heterocycles. The summed E-state index contributed by atoms with van der Waals surface area (Å²) >= 11 is 0. The van der Waals surface area contributed by atoms with Crippen molar-refractivity contribution < 1.29 is 14.6 Å². The molecule has 0 atom stereocenters. The third-order valence-corrected chi connectivity index (χ3v) is 5.20. The Labute approximate surface area is 156 Å². The van der Waals surface area contributed by atoms with E-state index in [0.717, 1.165) is 50.5 Å². The number of aromatic nitrogens is 1. The highest BCUT2D eigenvalue weighted by atomic mass is 16.5. The molecule has 4 nitrogen and oxygen atoms in total. The minimum absolute atomic E-state index is 0.294. The van der Waals surface area contributed by atoms with Gasteiger partial charge in [-0.1, -0.05) is 18.2 Å². The van der Waals surface area contributed by atoms with E-state index >= 15 is 0 Å². The molecule has 0 saturated heterocycles. The van der Waals surface area contributed by atoms with E-state index in [4.69, 9.17) is 4.74 Å². The van der Waals surface area contributed by atoms with Gasteiger partial charge in [-0.3, -0.25) is 4.98 Å². The lowest BCUT2D eigenvalue weighted by molar-refractivity contribution is 0.0697. The number of hydrogen-bond acceptors (Lipinski definition) is 3. The molecule has 1 aliphatic rings. The first-order chi connectivity index (χ1) is 13.1. The summed E-state index contributed by atoms with van der Waals surface area (Å²) in [5, 5.41) is 12.3. The molecule has 2 heterocycles. The van der Waals surface area contributed by atoms with Gasteiger partial charge >= 0.3 is 5.97 Å². The van der Waals surface area contributed by atoms with E-state index in [2.05, 4.69) is 23.2 Å². The Morgan fingerprint density at radius 1 is 1.07 bits per heavy atom. The number of aryl methyl sites for hydroxylation is 1. The van der Waals surface area contributed by atoms with Crippen molar-refractivity contribution in [3.05, 3.63) is 71.4 Å². The third-order valence-electron chi connectivity index (χ3n) is 5.20. The lowest BCUT2D eigenvalue weighted by Gasteiger charge is -2.20. The zero-order chi connectivity index (χ0) is 18.5. The second-order valence-electron chi connectivity index (χ2n) is 6.96. The number of nitrogens with zero attached hydrogens (tertiary/aromatic N) is 1. The first-order valence-corrected chi connectivity index (χ1v) is 8.93. The maximum atomic E-state index is 11.3. The van der Waals surface area contributed by atoms with Crippen LogP contribution in [-0.2, 0) is 6.42 Å². The second-order valence-corrected chi connectivity index (χ2v) is 6.96. The number of carboxylic acid groups (broad SMARTS) is 1. The Kier molecular flexibility index (Phi) is 3.41. The van der Waals surface area contributed by atoms with Crippen molar-refractivity contribution in [3.8, 4) is 16.9 Å². The fourth-order valence-corrected chi connectivity index (χ4v) is 3.99. The van der Waals surface area contributed by atoms with Gasteiger partial charge in [-0.25, -0.2) is 4.79 Å². The summed E-state index contributed by atoms with van der Waals surface area (Å²) in [4.78, 5) is 16.0. The van der Waals surface area contributed by atoms with Crippen molar-refractivity contribution in [2.24, 2.45) is 0 Å². The average molecular weight is 355 g/mol. The van der Waals surface area contributed by atoms with Crippen LogP contribution in [0, 0.1) is 6.92 Å². The molecule has 0 aliphatic carbocycles. The number of benzene rings is 3. The van der Waals surface area contributed by atoms with Crippen LogP contribution in [0.1, 0.15) is 21.5 Å². The lowest BCUT2D eigenvalue weighted by Crippen LogP contribution is -2.09. The molecule has 27 heavy (non-hydrogen) atoms. The molecule has 3 aromatic carbocycles. The molecule has 0 bridgehead atoms. The van der Waals surface area contributed by atoms with Crippen LogP contribution in [0.5, 0.6) is 5.75 Å². The fraction of sp³-hybridized carbons (Fsp3) is 0.130. The van der Waals surface area contributed by atoms with Crippen molar-refractivity contribution in [1.82, 2.24) is 4.98 Å². The van der Waals surface area contributed by atoms with Crippen LogP contribution < -0.4 is 4.74 Å². The Bertz CT molecular complexity index is 1230. The first kappa shape index (κ1) is 15.8. The molecule has 0 unspecified atom stereocenters. The predicted molar refractivity (Wildman–Crippen MR) is 106 cm³/mol. The van der Waals surface area contributed by atoms with E-state index < -0.39 is 5.97 Å². The molecule has 4 aromatic rings. The number of carbonyl (C=O) groups is 1. The van der Waals surface area contributed by atoms with Crippen molar-refractivity contribution in [1.29, 1.82) is 0 Å². The number of carboxylic acids is 1. The molecule has 4 heteroatoms. The van der Waals surface area contributed by atoms with Gasteiger partial charge in [-0.2, -0.15) is 0 Å². The Morgan fingerprint density at radius 2 is 1.96 bits per heavy atom. The number of hydrogen-bond donors (Lipinski definition) is 1. The normalized spacial score (nSPS) is 12.9. The van der Waals surface area contributed by atoms with Gasteiger partial charge in [0.05, 0.1) is 17.7 Å². The van der Waals surface area contributed by atoms with Crippen LogP contribution in [0.15, 0.2) is 54.7 Å². The minimum atomic E-state index is -0.916. The first-order valence-electron chi connectivity index (χ1n) is 8.93. The number of pyridine rings is 1. The minimum Gasteiger partial charge on any atom is -0.493 e. The molecule has 0 radical (unpaired) electrons. The van der Waals surface area contributed by atoms with Crippen molar-refractivity contribution >= 4 is 27.6 Å². The van der Waals surface area contributed by atoms with Crippen LogP contribution in [0.25, 0.3) is 32.8 Å². The van der Waals surface area contributed by atoms with E-state index in [1.165, 1.54) is 5.56 Å². The maximum absolute atomic E-state index is 11.3. The monoisotopic (exact) mass is 355 g/mol. The zero-order valence-electron chi connectivity index (χ0n) is 14.8. The van der Waals surface area contributed by atoms with Gasteiger partial charge < -0.3 is 9.84 Å². The molecule has 5 rings (SSSR count). The van der Waals surface area contributed by atoms with E-state index in [0.29, 0.717) is 12.2 Å². The quantitative estimate of drug-likeness (QED) is 0.550. The summed E-state index contributed by atoms with van der Waals surface area (Å²) in [5.41, 5.74) is 5.66. The largest absolute Gasteiger partial charge is 0.493 e. The topological polar surface area (TPSA) is 59.4 Å². The van der Waals surface area contributed by atoms with Crippen LogP contribution in [-0.4, -0.2) is 22.7 Å². The van der Waals surface area contributed by atoms with Crippen molar-refractivity contribution in [2.75, 3.05) is 6.61 Å². The molecular formula is C23H17NO3. The van der Waals surface area contributed by atoms with E-state index in [9.17, 15) is 9.90 Å². The molecule has 132 valence electrons. The summed E-state index contributed by atoms with van der Waals surface area (Å²) < 4.78 is 5.83. The fourth-order valence-electron chi connectivity index (χ4n) is 3.99. The highest BCUT2D eigenvalue weighted by molar-refractivity contribution is 6.07. The van der Waals surface area contributed by atoms with Gasteiger partial charge in [-0.15, -0.1) is 0 Å². The van der Waals surface area contributed by atoms with E-state index in [-0.39, 0.29) is 0 Å². The summed E-state index contributed by atoms with van der Waals surface area (Å²) in [6, 6.07) is 15.6. The smallest absolute Gasteiger partial charge is 0.335 e. The highest BCUT2D eigenvalue weighted by Crippen LogP contribution is 2.40. The molecule has 0 fully saturated rings. The number of aromatic carboxylic acids is 1. The van der Waals surface area contributed by atoms with E-state index in [1.54, 1.807) is 12.1 Å². The average Bonchev–Trinajstić information content (AvgIpc) is 2.67. The van der Waals surface area contributed by atoms with Crippen LogP contribution in [0.2, 0.25) is 0 Å². The maximum Gasteiger partial charge on any atom is 0.335 e. The SMILES string of the molecule is Cc1cc(-c2ccc3c4c(ccnc24)CCO3)c2ccc(C(=O)O)cc2c1. The van der Waals surface area contributed by atoms with Crippen LogP contribution in [0.3, 0.4) is 0 Å². The van der Waals surface area contributed by atoms with Gasteiger partial charge in [0, 0.05) is 23.6 Å². The molecular weight excluding hydrogens is 338 g/mol. The van der Waals surface area contributed by atoms with Gasteiger partial charge in [0.15, 0.2) is 0 Å². The van der Waals surface area contributed by atoms with Crippen LogP contribution >= 0.6 is 0 Å². The van der Waals surface area contributed by atoms with Crippen LogP contribution in [0.4, 0.5) is 0 Å². The summed E-state index contributed by atoms with van der Waals surface area (Å²) in [7, 11) is 0. The van der Waals surface area contributed by atoms with Gasteiger partial charge in [-0.05, 0) is 64.7 Å². The molecule has 1 aliphatic heterocycles. The summed E-state index contributed by atoms with van der Waals surface area (Å²) in [6.45, 7) is 2.72. The zero-order valence-corrected chi connectivity index (χ0v) is 14.8. The molecule has 0 saturated carbocycles. The van der Waals surface area contributed by atoms with Gasteiger partial charge in [0.2, 0.25) is 0 Å². The van der Waals surface area contributed by atoms with Crippen molar-refractivity contribution in [3.63, 3.8) is 0 Å². The molecule has 0 amide bonds. The number of rotatable bonds is 2. The predicted octanol–water partition coefficient (Wildman–Crippen LogP) is 5.00. The van der Waals surface area contributed by atoms with Gasteiger partial charge in [0.1, 0.15) is 5.75 Å². The second kappa shape index (κ2) is 5.81. The molecule has 0 spiro atoms. The number of ether oxygens (including phenoxy) is 1. The van der Waals surface area contributed by atoms with Crippen molar-refractivity contribution in [2.45, 2.75) is 13.3 Å². The summed E-state index contributed by atoms with van der Waals surface area (Å²) in [5.74, 6) is -0.0337. The Balaban J connectivity index is 1.85. The standard InChI is InChI=1S/C23H17NO3/c1-13-10-16-12-15(23(25)26)2-3-17(16)19(11-13)18-4-5-20-21-14(7-9-27-20)6-8-24-22(18)21/h2-6,8,10-12H,7,9H2,1H3,(H,25,26). The summed E-state index contributed by atoms with van der Waals surface area (Å²) in [6.07, 6.45) is 2.74. The van der Waals surface area contributed by atoms with Gasteiger partial charge in [0.25, 0.3) is 0 Å². The van der Waals surface area contributed by atoms with E-state index in [1.807, 2.05) is 31.3 Å². The number of fused-ring (bicyclic) bond motifs is 1. The highest BCUT2D eigenvalue weighted by Gasteiger charge is 2.18. The molecule has 1 N–H and O–H groups in total. The lowest BCUT2D eigenvalue weighted by atomic mass is 9.91. The Hall–Kier alpha value is -3.40. The third kappa shape index (κ3) is 2.45. The Morgan fingerprint density at radius 3 is 2.81 bits per heavy atom.